The highest BCUT2D eigenvalue weighted by Gasteiger charge is 2.23. The summed E-state index contributed by atoms with van der Waals surface area (Å²) in [6, 6.07) is 4.69. The van der Waals surface area contributed by atoms with Gasteiger partial charge in [0.15, 0.2) is 11.5 Å². The maximum absolute atomic E-state index is 11.5. The Morgan fingerprint density at radius 1 is 1.30 bits per heavy atom. The topological polar surface area (TPSA) is 87.9 Å². The van der Waals surface area contributed by atoms with Gasteiger partial charge in [-0.2, -0.15) is 0 Å². The van der Waals surface area contributed by atoms with Gasteiger partial charge in [-0.25, -0.2) is 4.79 Å². The molecule has 0 N–H and O–H groups in total. The van der Waals surface area contributed by atoms with Crippen molar-refractivity contribution in [1.82, 2.24) is 0 Å². The van der Waals surface area contributed by atoms with Crippen LogP contribution >= 0.6 is 0 Å². The number of benzene rings is 1. The molecule has 0 aliphatic carbocycles. The van der Waals surface area contributed by atoms with E-state index < -0.39 is 16.6 Å². The molecule has 0 atom stereocenters. The van der Waals surface area contributed by atoms with Crippen LogP contribution in [-0.4, -0.2) is 31.7 Å². The number of nitro groups is 1. The molecule has 0 amide bonds. The van der Waals surface area contributed by atoms with Gasteiger partial charge in [-0.1, -0.05) is 6.07 Å². The molecule has 0 unspecified atom stereocenters. The van der Waals surface area contributed by atoms with Gasteiger partial charge in [0.25, 0.3) is 0 Å². The SMILES string of the molecule is CCOC(=O)/C(=C\c1ccc(OC)c(OC)c1)[N+](=O)[O-]. The monoisotopic (exact) mass is 281 g/mol. The van der Waals surface area contributed by atoms with Crippen LogP contribution in [0.1, 0.15) is 12.5 Å². The fourth-order valence-corrected chi connectivity index (χ4v) is 1.49. The van der Waals surface area contributed by atoms with Gasteiger partial charge in [-0.3, -0.25) is 10.1 Å². The van der Waals surface area contributed by atoms with E-state index in [1.807, 2.05) is 0 Å². The van der Waals surface area contributed by atoms with Crippen molar-refractivity contribution in [3.8, 4) is 11.5 Å². The van der Waals surface area contributed by atoms with Gasteiger partial charge in [0.05, 0.1) is 25.7 Å². The number of rotatable bonds is 6. The summed E-state index contributed by atoms with van der Waals surface area (Å²) in [5.41, 5.74) is -0.207. The van der Waals surface area contributed by atoms with Gasteiger partial charge in [0.2, 0.25) is 0 Å². The summed E-state index contributed by atoms with van der Waals surface area (Å²) in [6.07, 6.45) is 1.12. The summed E-state index contributed by atoms with van der Waals surface area (Å²) in [6.45, 7) is 1.64. The van der Waals surface area contributed by atoms with Crippen molar-refractivity contribution in [3.05, 3.63) is 39.6 Å². The lowest BCUT2D eigenvalue weighted by molar-refractivity contribution is -0.419. The van der Waals surface area contributed by atoms with Crippen LogP contribution in [0.25, 0.3) is 6.08 Å². The van der Waals surface area contributed by atoms with Crippen molar-refractivity contribution in [3.63, 3.8) is 0 Å². The number of nitrogens with zero attached hydrogens (tertiary/aromatic N) is 1. The predicted molar refractivity (Wildman–Crippen MR) is 71.2 cm³/mol. The summed E-state index contributed by atoms with van der Waals surface area (Å²) in [5, 5.41) is 10.9. The number of carbonyl (C=O) groups excluding carboxylic acids is 1. The second-order valence-corrected chi connectivity index (χ2v) is 3.62. The molecule has 0 radical (unpaired) electrons. The van der Waals surface area contributed by atoms with Gasteiger partial charge in [-0.05, 0) is 24.6 Å². The molecule has 1 aromatic carbocycles. The van der Waals surface area contributed by atoms with Crippen LogP contribution in [-0.2, 0) is 9.53 Å². The molecule has 0 heterocycles. The Balaban J connectivity index is 3.17. The number of hydrogen-bond acceptors (Lipinski definition) is 6. The zero-order chi connectivity index (χ0) is 15.1. The number of methoxy groups -OCH3 is 2. The minimum atomic E-state index is -0.979. The number of hydrogen-bond donors (Lipinski definition) is 0. The Hall–Kier alpha value is -2.57. The van der Waals surface area contributed by atoms with Crippen molar-refractivity contribution in [2.45, 2.75) is 6.92 Å². The Bertz CT molecular complexity index is 538. The molecule has 7 heteroatoms. The standard InChI is InChI=1S/C13H15NO6/c1-4-20-13(15)10(14(16)17)7-9-5-6-11(18-2)12(8-9)19-3/h5-8H,4H2,1-3H3/b10-7+. The second-order valence-electron chi connectivity index (χ2n) is 3.62. The predicted octanol–water partition coefficient (Wildman–Crippen LogP) is 1.88. The van der Waals surface area contributed by atoms with E-state index in [1.165, 1.54) is 20.3 Å². The molecule has 0 saturated heterocycles. The minimum Gasteiger partial charge on any atom is -0.493 e. The van der Waals surface area contributed by atoms with Crippen molar-refractivity contribution < 1.29 is 23.9 Å². The van der Waals surface area contributed by atoms with Crippen LogP contribution in [0.5, 0.6) is 11.5 Å². The fraction of sp³-hybridized carbons (Fsp3) is 0.308. The van der Waals surface area contributed by atoms with Crippen LogP contribution in [0.3, 0.4) is 0 Å². The van der Waals surface area contributed by atoms with E-state index in [9.17, 15) is 14.9 Å². The highest BCUT2D eigenvalue weighted by Crippen LogP contribution is 2.28. The first-order valence-corrected chi connectivity index (χ1v) is 5.78. The third-order valence-corrected chi connectivity index (χ3v) is 2.39. The van der Waals surface area contributed by atoms with Crippen molar-refractivity contribution in [2.75, 3.05) is 20.8 Å². The molecule has 0 fully saturated rings. The van der Waals surface area contributed by atoms with Gasteiger partial charge in [0.1, 0.15) is 0 Å². The molecule has 7 nitrogen and oxygen atoms in total. The van der Waals surface area contributed by atoms with E-state index in [-0.39, 0.29) is 6.61 Å². The molecule has 0 bridgehead atoms. The third-order valence-electron chi connectivity index (χ3n) is 2.39. The zero-order valence-corrected chi connectivity index (χ0v) is 11.4. The maximum Gasteiger partial charge on any atom is 0.409 e. The first kappa shape index (κ1) is 15.5. The molecule has 0 saturated carbocycles. The molecule has 1 aromatic rings. The van der Waals surface area contributed by atoms with Crippen LogP contribution in [0, 0.1) is 10.1 Å². The Labute approximate surface area is 115 Å². The van der Waals surface area contributed by atoms with E-state index in [0.29, 0.717) is 17.1 Å². The molecule has 108 valence electrons. The second kappa shape index (κ2) is 7.13. The van der Waals surface area contributed by atoms with Crippen molar-refractivity contribution >= 4 is 12.0 Å². The molecular weight excluding hydrogens is 266 g/mol. The first-order valence-electron chi connectivity index (χ1n) is 5.78. The zero-order valence-electron chi connectivity index (χ0n) is 11.4. The van der Waals surface area contributed by atoms with Crippen LogP contribution < -0.4 is 9.47 Å². The molecule has 0 aromatic heterocycles. The summed E-state index contributed by atoms with van der Waals surface area (Å²) in [7, 11) is 2.93. The first-order chi connectivity index (χ1) is 9.53. The average molecular weight is 281 g/mol. The number of esters is 1. The number of ether oxygens (including phenoxy) is 3. The summed E-state index contributed by atoms with van der Waals surface area (Å²) >= 11 is 0. The van der Waals surface area contributed by atoms with Crippen LogP contribution in [0.2, 0.25) is 0 Å². The average Bonchev–Trinajstić information content (AvgIpc) is 2.44. The van der Waals surface area contributed by atoms with Gasteiger partial charge in [-0.15, -0.1) is 0 Å². The van der Waals surface area contributed by atoms with E-state index in [4.69, 9.17) is 9.47 Å². The summed E-state index contributed by atoms with van der Waals surface area (Å²) < 4.78 is 14.8. The maximum atomic E-state index is 11.5. The van der Waals surface area contributed by atoms with Gasteiger partial charge in [0, 0.05) is 6.08 Å². The van der Waals surface area contributed by atoms with Crippen molar-refractivity contribution in [1.29, 1.82) is 0 Å². The smallest absolute Gasteiger partial charge is 0.409 e. The Morgan fingerprint density at radius 2 is 1.95 bits per heavy atom. The molecule has 0 spiro atoms. The molecule has 0 aliphatic rings. The molecule has 20 heavy (non-hydrogen) atoms. The van der Waals surface area contributed by atoms with E-state index in [0.717, 1.165) is 6.08 Å². The molecular formula is C13H15NO6. The third kappa shape index (κ3) is 3.71. The summed E-state index contributed by atoms with van der Waals surface area (Å²) in [5.74, 6) is -0.0801. The normalized spacial score (nSPS) is 10.8. The largest absolute Gasteiger partial charge is 0.493 e. The minimum absolute atomic E-state index is 0.0654. The Morgan fingerprint density at radius 3 is 2.45 bits per heavy atom. The molecule has 1 rings (SSSR count). The quantitative estimate of drug-likeness (QED) is 0.342. The lowest BCUT2D eigenvalue weighted by Gasteiger charge is -2.07. The van der Waals surface area contributed by atoms with Crippen LogP contribution in [0.15, 0.2) is 23.9 Å². The van der Waals surface area contributed by atoms with Crippen LogP contribution in [0.4, 0.5) is 0 Å². The highest BCUT2D eigenvalue weighted by molar-refractivity contribution is 5.91. The highest BCUT2D eigenvalue weighted by atomic mass is 16.6. The van der Waals surface area contributed by atoms with E-state index in [1.54, 1.807) is 19.1 Å². The van der Waals surface area contributed by atoms with E-state index >= 15 is 0 Å². The molecule has 0 aliphatic heterocycles. The Kier molecular flexibility index (Phi) is 5.52. The van der Waals surface area contributed by atoms with Gasteiger partial charge >= 0.3 is 11.7 Å². The summed E-state index contributed by atoms with van der Waals surface area (Å²) in [4.78, 5) is 21.6. The lowest BCUT2D eigenvalue weighted by Crippen LogP contribution is -2.14. The number of carbonyl (C=O) groups is 1. The lowest BCUT2D eigenvalue weighted by atomic mass is 10.1. The van der Waals surface area contributed by atoms with Crippen molar-refractivity contribution in [2.24, 2.45) is 0 Å². The van der Waals surface area contributed by atoms with E-state index in [2.05, 4.69) is 4.74 Å². The van der Waals surface area contributed by atoms with Gasteiger partial charge < -0.3 is 14.2 Å². The fourth-order valence-electron chi connectivity index (χ4n) is 1.49.